The Kier molecular flexibility index (Phi) is 4.66. The normalized spacial score (nSPS) is 12.8. The van der Waals surface area contributed by atoms with Crippen molar-refractivity contribution in [3.8, 4) is 0 Å². The van der Waals surface area contributed by atoms with Crippen molar-refractivity contribution in [2.75, 3.05) is 17.6 Å². The van der Waals surface area contributed by atoms with Gasteiger partial charge in [-0.15, -0.1) is 0 Å². The van der Waals surface area contributed by atoms with Gasteiger partial charge in [0.2, 0.25) is 10.0 Å². The van der Waals surface area contributed by atoms with E-state index in [1.54, 1.807) is 0 Å². The first-order chi connectivity index (χ1) is 8.34. The van der Waals surface area contributed by atoms with E-state index in [-0.39, 0.29) is 5.69 Å². The van der Waals surface area contributed by atoms with E-state index in [0.717, 1.165) is 12.1 Å². The number of hydrogen-bond donors (Lipinski definition) is 1. The Hall–Kier alpha value is -1.63. The van der Waals surface area contributed by atoms with Gasteiger partial charge in [0.05, 0.1) is 18.8 Å². The van der Waals surface area contributed by atoms with Gasteiger partial charge in [0.25, 0.3) is 0 Å². The lowest BCUT2D eigenvalue weighted by atomic mass is 10.2. The van der Waals surface area contributed by atoms with Crippen LogP contribution in [0.25, 0.3) is 0 Å². The first-order valence-corrected chi connectivity index (χ1v) is 6.83. The number of anilines is 1. The molecule has 0 spiro atoms. The van der Waals surface area contributed by atoms with E-state index in [0.29, 0.717) is 0 Å². The number of ether oxygens (including phenoxy) is 1. The van der Waals surface area contributed by atoms with E-state index in [4.69, 9.17) is 0 Å². The summed E-state index contributed by atoms with van der Waals surface area (Å²) in [6, 6.07) is 4.88. The third-order valence-electron chi connectivity index (χ3n) is 2.19. The topological polar surface area (TPSA) is 72.5 Å². The summed E-state index contributed by atoms with van der Waals surface area (Å²) in [4.78, 5) is 11.1. The van der Waals surface area contributed by atoms with Crippen LogP contribution in [0.2, 0.25) is 0 Å². The third kappa shape index (κ3) is 4.33. The Balaban J connectivity index is 2.70. The average molecular weight is 275 g/mol. The zero-order valence-corrected chi connectivity index (χ0v) is 10.8. The number of sulfonamides is 1. The fourth-order valence-corrected chi connectivity index (χ4v) is 2.71. The summed E-state index contributed by atoms with van der Waals surface area (Å²) >= 11 is 0. The molecule has 1 atom stereocenters. The number of halogens is 1. The lowest BCUT2D eigenvalue weighted by molar-refractivity contribution is -0.144. The summed E-state index contributed by atoms with van der Waals surface area (Å²) in [5, 5.41) is 0. The standard InChI is InChI=1S/C11H14FNO4S/c1-8(11(14)17-2)7-18(15,16)13-10-5-3-9(12)4-6-10/h3-6,8,13H,7H2,1-2H3. The number of methoxy groups -OCH3 is 1. The quantitative estimate of drug-likeness (QED) is 0.824. The average Bonchev–Trinajstić information content (AvgIpc) is 2.30. The molecule has 0 aliphatic heterocycles. The van der Waals surface area contributed by atoms with Crippen LogP contribution in [0.3, 0.4) is 0 Å². The second-order valence-electron chi connectivity index (χ2n) is 3.81. The van der Waals surface area contributed by atoms with Crippen molar-refractivity contribution in [1.82, 2.24) is 0 Å². The minimum atomic E-state index is -3.68. The fraction of sp³-hybridized carbons (Fsp3) is 0.364. The summed E-state index contributed by atoms with van der Waals surface area (Å²) in [6.07, 6.45) is 0. The van der Waals surface area contributed by atoms with Crippen molar-refractivity contribution < 1.29 is 22.3 Å². The van der Waals surface area contributed by atoms with Gasteiger partial charge >= 0.3 is 5.97 Å². The van der Waals surface area contributed by atoms with Crippen LogP contribution in [-0.4, -0.2) is 27.2 Å². The van der Waals surface area contributed by atoms with Crippen molar-refractivity contribution >= 4 is 21.7 Å². The van der Waals surface area contributed by atoms with Crippen LogP contribution in [0.4, 0.5) is 10.1 Å². The third-order valence-corrected chi connectivity index (χ3v) is 3.68. The van der Waals surface area contributed by atoms with Crippen molar-refractivity contribution in [3.63, 3.8) is 0 Å². The van der Waals surface area contributed by atoms with Gasteiger partial charge in [-0.3, -0.25) is 9.52 Å². The molecule has 0 saturated heterocycles. The molecule has 0 amide bonds. The van der Waals surface area contributed by atoms with Crippen LogP contribution < -0.4 is 4.72 Å². The number of benzene rings is 1. The molecular formula is C11H14FNO4S. The number of esters is 1. The SMILES string of the molecule is COC(=O)C(C)CS(=O)(=O)Nc1ccc(F)cc1. The number of nitrogens with one attached hydrogen (secondary N) is 1. The molecule has 1 aromatic carbocycles. The molecule has 0 bridgehead atoms. The molecule has 0 radical (unpaired) electrons. The molecule has 0 aliphatic carbocycles. The van der Waals surface area contributed by atoms with Gasteiger partial charge in [-0.2, -0.15) is 0 Å². The summed E-state index contributed by atoms with van der Waals surface area (Å²) in [5.41, 5.74) is 0.244. The molecule has 1 N–H and O–H groups in total. The minimum absolute atomic E-state index is 0.244. The number of rotatable bonds is 5. The largest absolute Gasteiger partial charge is 0.469 e. The van der Waals surface area contributed by atoms with E-state index in [1.165, 1.54) is 26.2 Å². The Morgan fingerprint density at radius 1 is 1.39 bits per heavy atom. The monoisotopic (exact) mass is 275 g/mol. The predicted molar refractivity (Wildman–Crippen MR) is 65.0 cm³/mol. The zero-order valence-electron chi connectivity index (χ0n) is 10.0. The molecule has 18 heavy (non-hydrogen) atoms. The van der Waals surface area contributed by atoms with E-state index >= 15 is 0 Å². The van der Waals surface area contributed by atoms with E-state index in [9.17, 15) is 17.6 Å². The number of carbonyl (C=O) groups excluding carboxylic acids is 1. The van der Waals surface area contributed by atoms with Crippen molar-refractivity contribution in [2.24, 2.45) is 5.92 Å². The van der Waals surface area contributed by atoms with Crippen LogP contribution in [0.5, 0.6) is 0 Å². The van der Waals surface area contributed by atoms with Gasteiger partial charge in [-0.25, -0.2) is 12.8 Å². The van der Waals surface area contributed by atoms with Gasteiger partial charge in [-0.05, 0) is 24.3 Å². The molecule has 0 heterocycles. The molecule has 1 aromatic rings. The molecule has 0 saturated carbocycles. The molecule has 0 aromatic heterocycles. The second-order valence-corrected chi connectivity index (χ2v) is 5.58. The molecule has 5 nitrogen and oxygen atoms in total. The Bertz CT molecular complexity index is 512. The van der Waals surface area contributed by atoms with Gasteiger partial charge in [0.1, 0.15) is 5.82 Å². The van der Waals surface area contributed by atoms with Gasteiger partial charge in [0, 0.05) is 5.69 Å². The van der Waals surface area contributed by atoms with Crippen LogP contribution in [0.15, 0.2) is 24.3 Å². The van der Waals surface area contributed by atoms with Crippen LogP contribution in [-0.2, 0) is 19.6 Å². The van der Waals surface area contributed by atoms with Crippen LogP contribution >= 0.6 is 0 Å². The van der Waals surface area contributed by atoms with Crippen molar-refractivity contribution in [2.45, 2.75) is 6.92 Å². The fourth-order valence-electron chi connectivity index (χ4n) is 1.34. The smallest absolute Gasteiger partial charge is 0.309 e. The highest BCUT2D eigenvalue weighted by Gasteiger charge is 2.22. The zero-order chi connectivity index (χ0) is 13.8. The number of carbonyl (C=O) groups is 1. The summed E-state index contributed by atoms with van der Waals surface area (Å²) in [5.74, 6) is -2.22. The molecule has 1 unspecified atom stereocenters. The summed E-state index contributed by atoms with van der Waals surface area (Å²) < 4.78 is 42.7. The molecule has 7 heteroatoms. The van der Waals surface area contributed by atoms with Crippen LogP contribution in [0.1, 0.15) is 6.92 Å². The van der Waals surface area contributed by atoms with E-state index in [2.05, 4.69) is 9.46 Å². The highest BCUT2D eigenvalue weighted by Crippen LogP contribution is 2.12. The molecule has 1 rings (SSSR count). The first-order valence-electron chi connectivity index (χ1n) is 5.18. The maximum absolute atomic E-state index is 12.6. The van der Waals surface area contributed by atoms with Crippen molar-refractivity contribution in [3.05, 3.63) is 30.1 Å². The van der Waals surface area contributed by atoms with Gasteiger partial charge in [0.15, 0.2) is 0 Å². The Morgan fingerprint density at radius 2 is 1.94 bits per heavy atom. The molecule has 0 fully saturated rings. The first kappa shape index (κ1) is 14.4. The Morgan fingerprint density at radius 3 is 2.44 bits per heavy atom. The lowest BCUT2D eigenvalue weighted by Crippen LogP contribution is -2.26. The maximum atomic E-state index is 12.6. The summed E-state index contributed by atoms with van der Waals surface area (Å²) in [7, 11) is -2.48. The highest BCUT2D eigenvalue weighted by atomic mass is 32.2. The van der Waals surface area contributed by atoms with Crippen molar-refractivity contribution in [1.29, 1.82) is 0 Å². The molecule has 100 valence electrons. The maximum Gasteiger partial charge on any atom is 0.309 e. The van der Waals surface area contributed by atoms with Crippen LogP contribution in [0, 0.1) is 11.7 Å². The van der Waals surface area contributed by atoms with Gasteiger partial charge < -0.3 is 4.74 Å². The predicted octanol–water partition coefficient (Wildman–Crippen LogP) is 1.38. The second kappa shape index (κ2) is 5.81. The summed E-state index contributed by atoms with van der Waals surface area (Å²) in [6.45, 7) is 1.45. The number of hydrogen-bond acceptors (Lipinski definition) is 4. The van der Waals surface area contributed by atoms with Gasteiger partial charge in [-0.1, -0.05) is 6.92 Å². The molecule has 0 aliphatic rings. The minimum Gasteiger partial charge on any atom is -0.469 e. The van der Waals surface area contributed by atoms with E-state index in [1.807, 2.05) is 0 Å². The van der Waals surface area contributed by atoms with E-state index < -0.39 is 33.5 Å². The molecular weight excluding hydrogens is 261 g/mol. The lowest BCUT2D eigenvalue weighted by Gasteiger charge is -2.11. The Labute approximate surface area is 105 Å². The highest BCUT2D eigenvalue weighted by molar-refractivity contribution is 7.92.